The van der Waals surface area contributed by atoms with Gasteiger partial charge in [-0.2, -0.15) is 17.0 Å². The third-order valence-corrected chi connectivity index (χ3v) is 4.83. The van der Waals surface area contributed by atoms with E-state index in [4.69, 9.17) is 0 Å². The monoisotopic (exact) mass is 254 g/mol. The zero-order valence-corrected chi connectivity index (χ0v) is 11.8. The number of rotatable bonds is 4. The summed E-state index contributed by atoms with van der Waals surface area (Å²) in [6.45, 7) is 4.81. The van der Waals surface area contributed by atoms with E-state index in [1.807, 2.05) is 6.26 Å². The van der Waals surface area contributed by atoms with Gasteiger partial charge in [0.15, 0.2) is 0 Å². The third-order valence-electron chi connectivity index (χ3n) is 3.58. The van der Waals surface area contributed by atoms with E-state index < -0.39 is 5.41 Å². The summed E-state index contributed by atoms with van der Waals surface area (Å²) in [5.41, 5.74) is -0.757. The highest BCUT2D eigenvalue weighted by Crippen LogP contribution is 2.36. The quantitative estimate of drug-likeness (QED) is 0.839. The minimum Gasteiger partial charge on any atom is -0.353 e. The molecule has 0 aromatic heterocycles. The van der Waals surface area contributed by atoms with Crippen molar-refractivity contribution in [3.8, 4) is 6.07 Å². The van der Waals surface area contributed by atoms with Gasteiger partial charge < -0.3 is 5.32 Å². The molecule has 17 heavy (non-hydrogen) atoms. The second-order valence-electron chi connectivity index (χ2n) is 5.40. The average Bonchev–Trinajstić information content (AvgIpc) is 2.37. The van der Waals surface area contributed by atoms with E-state index in [-0.39, 0.29) is 10.7 Å². The van der Waals surface area contributed by atoms with E-state index in [0.717, 1.165) is 32.1 Å². The number of nitriles is 1. The fraction of sp³-hybridized carbons (Fsp3) is 0.846. The Labute approximate surface area is 108 Å². The van der Waals surface area contributed by atoms with Crippen LogP contribution in [0.4, 0.5) is 0 Å². The predicted molar refractivity (Wildman–Crippen MR) is 71.7 cm³/mol. The number of thioether (sulfide) groups is 1. The van der Waals surface area contributed by atoms with Gasteiger partial charge in [-0.1, -0.05) is 19.3 Å². The van der Waals surface area contributed by atoms with E-state index in [0.29, 0.717) is 6.54 Å². The van der Waals surface area contributed by atoms with Gasteiger partial charge in [-0.15, -0.1) is 0 Å². The molecule has 1 aliphatic rings. The zero-order chi connectivity index (χ0) is 12.9. The van der Waals surface area contributed by atoms with E-state index >= 15 is 0 Å². The summed E-state index contributed by atoms with van der Waals surface area (Å²) in [4.78, 5) is 12.2. The summed E-state index contributed by atoms with van der Waals surface area (Å²) < 4.78 is 0.0287. The molecule has 0 bridgehead atoms. The predicted octanol–water partition coefficient (Wildman–Crippen LogP) is 2.72. The molecule has 0 aromatic carbocycles. The van der Waals surface area contributed by atoms with Crippen LogP contribution in [0.15, 0.2) is 0 Å². The van der Waals surface area contributed by atoms with Gasteiger partial charge in [-0.3, -0.25) is 4.79 Å². The van der Waals surface area contributed by atoms with Gasteiger partial charge in [0.25, 0.3) is 0 Å². The van der Waals surface area contributed by atoms with Gasteiger partial charge in [0.1, 0.15) is 5.41 Å². The van der Waals surface area contributed by atoms with Crippen molar-refractivity contribution in [2.24, 2.45) is 5.41 Å². The lowest BCUT2D eigenvalue weighted by Gasteiger charge is -2.31. The van der Waals surface area contributed by atoms with Crippen molar-refractivity contribution in [2.45, 2.75) is 50.7 Å². The standard InChI is InChI=1S/C13H22N2OS/c1-12(2,17-3)10-15-11(16)13(9-14)7-5-4-6-8-13/h4-8,10H2,1-3H3,(H,15,16). The van der Waals surface area contributed by atoms with Gasteiger partial charge >= 0.3 is 0 Å². The van der Waals surface area contributed by atoms with Gasteiger partial charge in [0.2, 0.25) is 5.91 Å². The Hall–Kier alpha value is -0.690. The smallest absolute Gasteiger partial charge is 0.240 e. The van der Waals surface area contributed by atoms with Crippen LogP contribution in [-0.2, 0) is 4.79 Å². The van der Waals surface area contributed by atoms with Crippen molar-refractivity contribution < 1.29 is 4.79 Å². The summed E-state index contributed by atoms with van der Waals surface area (Å²) in [6, 6.07) is 2.25. The molecule has 96 valence electrons. The highest BCUT2D eigenvalue weighted by atomic mass is 32.2. The molecule has 0 unspecified atom stereocenters. The molecule has 0 atom stereocenters. The third kappa shape index (κ3) is 3.64. The van der Waals surface area contributed by atoms with Crippen molar-refractivity contribution in [1.29, 1.82) is 5.26 Å². The maximum Gasteiger partial charge on any atom is 0.240 e. The minimum atomic E-state index is -0.757. The second kappa shape index (κ2) is 5.77. The fourth-order valence-electron chi connectivity index (χ4n) is 2.08. The first-order valence-electron chi connectivity index (χ1n) is 6.20. The molecule has 3 nitrogen and oxygen atoms in total. The van der Waals surface area contributed by atoms with Crippen molar-refractivity contribution in [3.05, 3.63) is 0 Å². The molecule has 0 saturated heterocycles. The number of nitrogens with zero attached hydrogens (tertiary/aromatic N) is 1. The lowest BCUT2D eigenvalue weighted by atomic mass is 9.74. The summed E-state index contributed by atoms with van der Waals surface area (Å²) >= 11 is 1.72. The van der Waals surface area contributed by atoms with E-state index in [1.165, 1.54) is 0 Å². The van der Waals surface area contributed by atoms with Gasteiger partial charge in [0.05, 0.1) is 6.07 Å². The SMILES string of the molecule is CSC(C)(C)CNC(=O)C1(C#N)CCCCC1. The Morgan fingerprint density at radius 3 is 2.47 bits per heavy atom. The van der Waals surface area contributed by atoms with Crippen LogP contribution in [-0.4, -0.2) is 23.5 Å². The molecule has 0 radical (unpaired) electrons. The average molecular weight is 254 g/mol. The minimum absolute atomic E-state index is 0.0287. The van der Waals surface area contributed by atoms with Crippen molar-refractivity contribution >= 4 is 17.7 Å². The lowest BCUT2D eigenvalue weighted by molar-refractivity contribution is -0.129. The molecular formula is C13H22N2OS. The Kier molecular flexibility index (Phi) is 4.88. The van der Waals surface area contributed by atoms with Crippen LogP contribution in [0.3, 0.4) is 0 Å². The first-order valence-corrected chi connectivity index (χ1v) is 7.43. The lowest BCUT2D eigenvalue weighted by Crippen LogP contribution is -2.45. The van der Waals surface area contributed by atoms with Crippen LogP contribution in [0.5, 0.6) is 0 Å². The van der Waals surface area contributed by atoms with Gasteiger partial charge in [-0.05, 0) is 32.9 Å². The van der Waals surface area contributed by atoms with Crippen molar-refractivity contribution in [2.75, 3.05) is 12.8 Å². The maximum absolute atomic E-state index is 12.2. The molecule has 0 aliphatic heterocycles. The molecule has 1 aliphatic carbocycles. The normalized spacial score (nSPS) is 19.4. The fourth-order valence-corrected chi connectivity index (χ4v) is 2.30. The van der Waals surface area contributed by atoms with E-state index in [1.54, 1.807) is 11.8 Å². The van der Waals surface area contributed by atoms with Crippen LogP contribution >= 0.6 is 11.8 Å². The molecule has 1 N–H and O–H groups in total. The molecule has 1 amide bonds. The van der Waals surface area contributed by atoms with Crippen LogP contribution < -0.4 is 5.32 Å². The number of carbonyl (C=O) groups is 1. The molecule has 1 rings (SSSR count). The van der Waals surface area contributed by atoms with Gasteiger partial charge in [-0.25, -0.2) is 0 Å². The van der Waals surface area contributed by atoms with Crippen LogP contribution in [0.25, 0.3) is 0 Å². The zero-order valence-electron chi connectivity index (χ0n) is 11.0. The molecule has 1 fully saturated rings. The van der Waals surface area contributed by atoms with Crippen molar-refractivity contribution in [1.82, 2.24) is 5.32 Å². The van der Waals surface area contributed by atoms with Gasteiger partial charge in [0, 0.05) is 11.3 Å². The summed E-state index contributed by atoms with van der Waals surface area (Å²) in [5, 5.41) is 12.2. The molecular weight excluding hydrogens is 232 g/mol. The maximum atomic E-state index is 12.2. The highest BCUT2D eigenvalue weighted by Gasteiger charge is 2.40. The highest BCUT2D eigenvalue weighted by molar-refractivity contribution is 7.99. The number of nitrogens with one attached hydrogen (secondary N) is 1. The van der Waals surface area contributed by atoms with Crippen LogP contribution in [0.2, 0.25) is 0 Å². The Morgan fingerprint density at radius 2 is 2.00 bits per heavy atom. The molecule has 0 spiro atoms. The van der Waals surface area contributed by atoms with Crippen LogP contribution in [0, 0.1) is 16.7 Å². The number of hydrogen-bond acceptors (Lipinski definition) is 3. The van der Waals surface area contributed by atoms with E-state index in [2.05, 4.69) is 25.2 Å². The Balaban J connectivity index is 2.59. The Bertz CT molecular complexity index is 314. The Morgan fingerprint density at radius 1 is 1.41 bits per heavy atom. The molecule has 1 saturated carbocycles. The molecule has 0 aromatic rings. The summed E-state index contributed by atoms with van der Waals surface area (Å²) in [6.07, 6.45) is 6.60. The first-order chi connectivity index (χ1) is 7.96. The topological polar surface area (TPSA) is 52.9 Å². The van der Waals surface area contributed by atoms with Crippen molar-refractivity contribution in [3.63, 3.8) is 0 Å². The summed E-state index contributed by atoms with van der Waals surface area (Å²) in [7, 11) is 0. The first kappa shape index (κ1) is 14.4. The summed E-state index contributed by atoms with van der Waals surface area (Å²) in [5.74, 6) is -0.0678. The van der Waals surface area contributed by atoms with Crippen LogP contribution in [0.1, 0.15) is 46.0 Å². The number of amides is 1. The second-order valence-corrected chi connectivity index (χ2v) is 6.91. The number of carbonyl (C=O) groups excluding carboxylic acids is 1. The molecule has 0 heterocycles. The number of hydrogen-bond donors (Lipinski definition) is 1. The van der Waals surface area contributed by atoms with E-state index in [9.17, 15) is 10.1 Å². The largest absolute Gasteiger partial charge is 0.353 e. The molecule has 4 heteroatoms.